The van der Waals surface area contributed by atoms with E-state index in [4.69, 9.17) is 4.74 Å². The highest BCUT2D eigenvalue weighted by molar-refractivity contribution is 5.28. The van der Waals surface area contributed by atoms with Gasteiger partial charge in [0, 0.05) is 6.61 Å². The van der Waals surface area contributed by atoms with Crippen molar-refractivity contribution in [3.05, 3.63) is 29.8 Å². The molecule has 0 amide bonds. The van der Waals surface area contributed by atoms with Gasteiger partial charge in [-0.2, -0.15) is 0 Å². The molecule has 0 saturated carbocycles. The molecule has 2 heteroatoms. The second-order valence-electron chi connectivity index (χ2n) is 3.99. The quantitative estimate of drug-likeness (QED) is 0.741. The summed E-state index contributed by atoms with van der Waals surface area (Å²) in [5.41, 5.74) is 1.32. The SMILES string of the molecule is CC1CC(c2ccc(O)cc2)CCO1. The second kappa shape index (κ2) is 4.01. The molecule has 0 radical (unpaired) electrons. The zero-order valence-corrected chi connectivity index (χ0v) is 8.44. The van der Waals surface area contributed by atoms with Crippen LogP contribution in [0.25, 0.3) is 0 Å². The van der Waals surface area contributed by atoms with Gasteiger partial charge in [-0.1, -0.05) is 12.1 Å². The molecule has 1 aromatic carbocycles. The van der Waals surface area contributed by atoms with Gasteiger partial charge in [-0.15, -0.1) is 0 Å². The van der Waals surface area contributed by atoms with Crippen molar-refractivity contribution in [1.82, 2.24) is 0 Å². The van der Waals surface area contributed by atoms with Crippen molar-refractivity contribution >= 4 is 0 Å². The van der Waals surface area contributed by atoms with E-state index in [2.05, 4.69) is 6.92 Å². The molecule has 0 aromatic heterocycles. The number of phenols is 1. The van der Waals surface area contributed by atoms with E-state index >= 15 is 0 Å². The van der Waals surface area contributed by atoms with Crippen LogP contribution in [0.1, 0.15) is 31.2 Å². The summed E-state index contributed by atoms with van der Waals surface area (Å²) in [7, 11) is 0. The Morgan fingerprint density at radius 2 is 2.00 bits per heavy atom. The number of phenolic OH excluding ortho intramolecular Hbond substituents is 1. The predicted octanol–water partition coefficient (Wildman–Crippen LogP) is 2.67. The molecule has 2 nitrogen and oxygen atoms in total. The standard InChI is InChI=1S/C12H16O2/c1-9-8-11(6-7-14-9)10-2-4-12(13)5-3-10/h2-5,9,11,13H,6-8H2,1H3. The molecular weight excluding hydrogens is 176 g/mol. The minimum Gasteiger partial charge on any atom is -0.508 e. The highest BCUT2D eigenvalue weighted by Crippen LogP contribution is 2.30. The van der Waals surface area contributed by atoms with Crippen molar-refractivity contribution < 1.29 is 9.84 Å². The lowest BCUT2D eigenvalue weighted by atomic mass is 9.89. The molecule has 0 spiro atoms. The lowest BCUT2D eigenvalue weighted by molar-refractivity contribution is 0.0186. The largest absolute Gasteiger partial charge is 0.508 e. The van der Waals surface area contributed by atoms with Gasteiger partial charge in [-0.3, -0.25) is 0 Å². The molecule has 1 aliphatic heterocycles. The van der Waals surface area contributed by atoms with E-state index in [9.17, 15) is 5.11 Å². The first-order chi connectivity index (χ1) is 6.75. The zero-order valence-electron chi connectivity index (χ0n) is 8.44. The molecule has 14 heavy (non-hydrogen) atoms. The third-order valence-corrected chi connectivity index (χ3v) is 2.85. The Balaban J connectivity index is 2.10. The van der Waals surface area contributed by atoms with Crippen molar-refractivity contribution in [2.75, 3.05) is 6.61 Å². The van der Waals surface area contributed by atoms with Gasteiger partial charge in [0.2, 0.25) is 0 Å². The van der Waals surface area contributed by atoms with E-state index in [0.29, 0.717) is 17.8 Å². The van der Waals surface area contributed by atoms with Gasteiger partial charge < -0.3 is 9.84 Å². The number of aromatic hydroxyl groups is 1. The van der Waals surface area contributed by atoms with Crippen LogP contribution in [-0.4, -0.2) is 17.8 Å². The average molecular weight is 192 g/mol. The summed E-state index contributed by atoms with van der Waals surface area (Å²) in [6.07, 6.45) is 2.54. The van der Waals surface area contributed by atoms with Crippen LogP contribution in [0.2, 0.25) is 0 Å². The maximum absolute atomic E-state index is 9.18. The van der Waals surface area contributed by atoms with Crippen molar-refractivity contribution in [2.45, 2.75) is 31.8 Å². The van der Waals surface area contributed by atoms with E-state index in [0.717, 1.165) is 19.4 Å². The molecule has 2 atom stereocenters. The lowest BCUT2D eigenvalue weighted by Gasteiger charge is -2.27. The second-order valence-corrected chi connectivity index (χ2v) is 3.99. The van der Waals surface area contributed by atoms with E-state index in [-0.39, 0.29) is 0 Å². The number of hydrogen-bond donors (Lipinski definition) is 1. The molecule has 0 bridgehead atoms. The van der Waals surface area contributed by atoms with Gasteiger partial charge in [0.05, 0.1) is 6.10 Å². The number of hydrogen-bond acceptors (Lipinski definition) is 2. The number of rotatable bonds is 1. The van der Waals surface area contributed by atoms with Gasteiger partial charge in [-0.05, 0) is 43.4 Å². The van der Waals surface area contributed by atoms with Crippen LogP contribution in [0.15, 0.2) is 24.3 Å². The average Bonchev–Trinajstić information content (AvgIpc) is 2.19. The van der Waals surface area contributed by atoms with Gasteiger partial charge in [-0.25, -0.2) is 0 Å². The monoisotopic (exact) mass is 192 g/mol. The Morgan fingerprint density at radius 3 is 2.64 bits per heavy atom. The van der Waals surface area contributed by atoms with Crippen LogP contribution in [0.4, 0.5) is 0 Å². The van der Waals surface area contributed by atoms with Crippen molar-refractivity contribution in [1.29, 1.82) is 0 Å². The Bertz CT molecular complexity index is 292. The summed E-state index contributed by atoms with van der Waals surface area (Å²) in [6, 6.07) is 7.54. The van der Waals surface area contributed by atoms with Crippen LogP contribution in [0.5, 0.6) is 5.75 Å². The maximum atomic E-state index is 9.18. The minimum absolute atomic E-state index is 0.342. The molecule has 1 aromatic rings. The van der Waals surface area contributed by atoms with Gasteiger partial charge in [0.15, 0.2) is 0 Å². The molecule has 1 N–H and O–H groups in total. The summed E-state index contributed by atoms with van der Waals surface area (Å²) >= 11 is 0. The Labute approximate surface area is 84.5 Å². The Hall–Kier alpha value is -1.02. The molecule has 1 fully saturated rings. The summed E-state index contributed by atoms with van der Waals surface area (Å²) in [5.74, 6) is 0.938. The van der Waals surface area contributed by atoms with Crippen molar-refractivity contribution in [3.8, 4) is 5.75 Å². The van der Waals surface area contributed by atoms with E-state index in [1.54, 1.807) is 12.1 Å². The van der Waals surface area contributed by atoms with Gasteiger partial charge in [0.1, 0.15) is 5.75 Å². The van der Waals surface area contributed by atoms with Gasteiger partial charge >= 0.3 is 0 Å². The maximum Gasteiger partial charge on any atom is 0.115 e. The normalized spacial score (nSPS) is 27.5. The predicted molar refractivity (Wildman–Crippen MR) is 55.5 cm³/mol. The molecule has 76 valence electrons. The van der Waals surface area contributed by atoms with Crippen LogP contribution in [0.3, 0.4) is 0 Å². The first-order valence-electron chi connectivity index (χ1n) is 5.16. The Morgan fingerprint density at radius 1 is 1.29 bits per heavy atom. The summed E-state index contributed by atoms with van der Waals surface area (Å²) < 4.78 is 5.50. The summed E-state index contributed by atoms with van der Waals surface area (Å²) in [6.45, 7) is 2.97. The smallest absolute Gasteiger partial charge is 0.115 e. The fourth-order valence-corrected chi connectivity index (χ4v) is 2.05. The third kappa shape index (κ3) is 2.07. The van der Waals surface area contributed by atoms with Crippen molar-refractivity contribution in [3.63, 3.8) is 0 Å². The number of benzene rings is 1. The third-order valence-electron chi connectivity index (χ3n) is 2.85. The minimum atomic E-state index is 0.342. The van der Waals surface area contributed by atoms with E-state index < -0.39 is 0 Å². The molecule has 0 aliphatic carbocycles. The first kappa shape index (κ1) is 9.53. The van der Waals surface area contributed by atoms with E-state index in [1.165, 1.54) is 5.56 Å². The number of ether oxygens (including phenoxy) is 1. The van der Waals surface area contributed by atoms with Crippen LogP contribution in [-0.2, 0) is 4.74 Å². The van der Waals surface area contributed by atoms with Crippen LogP contribution in [0, 0.1) is 0 Å². The lowest BCUT2D eigenvalue weighted by Crippen LogP contribution is -2.21. The molecule has 1 aliphatic rings. The molecule has 2 rings (SSSR count). The summed E-state index contributed by atoms with van der Waals surface area (Å²) in [4.78, 5) is 0. The molecule has 1 saturated heterocycles. The van der Waals surface area contributed by atoms with Crippen LogP contribution < -0.4 is 0 Å². The van der Waals surface area contributed by atoms with Crippen LogP contribution >= 0.6 is 0 Å². The molecule has 1 heterocycles. The fraction of sp³-hybridized carbons (Fsp3) is 0.500. The zero-order chi connectivity index (χ0) is 9.97. The topological polar surface area (TPSA) is 29.5 Å². The van der Waals surface area contributed by atoms with E-state index in [1.807, 2.05) is 12.1 Å². The molecule has 2 unspecified atom stereocenters. The van der Waals surface area contributed by atoms with Gasteiger partial charge in [0.25, 0.3) is 0 Å². The van der Waals surface area contributed by atoms with Crippen molar-refractivity contribution in [2.24, 2.45) is 0 Å². The summed E-state index contributed by atoms with van der Waals surface area (Å²) in [5, 5.41) is 9.18. The highest BCUT2D eigenvalue weighted by atomic mass is 16.5. The highest BCUT2D eigenvalue weighted by Gasteiger charge is 2.20. The Kier molecular flexibility index (Phi) is 2.73. The fourth-order valence-electron chi connectivity index (χ4n) is 2.05. The first-order valence-corrected chi connectivity index (χ1v) is 5.16. The molecular formula is C12H16O2.